The molecule has 1 aromatic carbocycles. The van der Waals surface area contributed by atoms with Gasteiger partial charge in [-0.25, -0.2) is 0 Å². The van der Waals surface area contributed by atoms with Gasteiger partial charge >= 0.3 is 0 Å². The molecule has 0 unspecified atom stereocenters. The fraction of sp³-hybridized carbons (Fsp3) is 0.222. The molecule has 13 heavy (non-hydrogen) atoms. The van der Waals surface area contributed by atoms with Gasteiger partial charge in [0.05, 0.1) is 12.8 Å². The maximum atomic E-state index is 11.0. The number of aliphatic hydroxyl groups is 1. The number of hydrogen-bond donors (Lipinski definition) is 2. The molecule has 0 aromatic heterocycles. The van der Waals surface area contributed by atoms with Gasteiger partial charge in [-0.1, -0.05) is 6.07 Å². The molecule has 1 aromatic rings. The molecule has 68 valence electrons. The van der Waals surface area contributed by atoms with Crippen LogP contribution in [0, 0.1) is 0 Å². The van der Waals surface area contributed by atoms with Crippen LogP contribution in [0.3, 0.4) is 0 Å². The van der Waals surface area contributed by atoms with Crippen molar-refractivity contribution in [1.29, 1.82) is 0 Å². The second kappa shape index (κ2) is 2.74. The van der Waals surface area contributed by atoms with E-state index < -0.39 is 6.10 Å². The largest absolute Gasteiger partial charge is 0.497 e. The van der Waals surface area contributed by atoms with Crippen molar-refractivity contribution in [3.63, 3.8) is 0 Å². The monoisotopic (exact) mass is 179 g/mol. The molecule has 0 bridgehead atoms. The van der Waals surface area contributed by atoms with Crippen LogP contribution in [-0.4, -0.2) is 18.1 Å². The molecular formula is C9H9NO3. The number of fused-ring (bicyclic) bond motifs is 1. The van der Waals surface area contributed by atoms with E-state index in [0.717, 1.165) is 0 Å². The van der Waals surface area contributed by atoms with Crippen molar-refractivity contribution in [3.8, 4) is 5.75 Å². The van der Waals surface area contributed by atoms with Crippen molar-refractivity contribution in [2.75, 3.05) is 12.4 Å². The highest BCUT2D eigenvalue weighted by atomic mass is 16.5. The molecule has 1 heterocycles. The van der Waals surface area contributed by atoms with Crippen LogP contribution < -0.4 is 10.1 Å². The van der Waals surface area contributed by atoms with Gasteiger partial charge in [0.1, 0.15) is 5.75 Å². The lowest BCUT2D eigenvalue weighted by Crippen LogP contribution is -2.10. The number of ether oxygens (including phenoxy) is 1. The molecule has 1 atom stereocenters. The minimum Gasteiger partial charge on any atom is -0.497 e. The topological polar surface area (TPSA) is 58.6 Å². The molecule has 2 rings (SSSR count). The zero-order valence-electron chi connectivity index (χ0n) is 7.07. The lowest BCUT2D eigenvalue weighted by Gasteiger charge is -2.02. The van der Waals surface area contributed by atoms with E-state index in [9.17, 15) is 9.90 Å². The van der Waals surface area contributed by atoms with Gasteiger partial charge in [0.25, 0.3) is 5.91 Å². The van der Waals surface area contributed by atoms with Crippen molar-refractivity contribution < 1.29 is 14.6 Å². The van der Waals surface area contributed by atoms with Crippen molar-refractivity contribution in [1.82, 2.24) is 0 Å². The van der Waals surface area contributed by atoms with Crippen LogP contribution in [-0.2, 0) is 4.79 Å². The summed E-state index contributed by atoms with van der Waals surface area (Å²) in [5, 5.41) is 11.9. The molecule has 0 aliphatic carbocycles. The van der Waals surface area contributed by atoms with Crippen molar-refractivity contribution in [3.05, 3.63) is 23.8 Å². The van der Waals surface area contributed by atoms with Gasteiger partial charge in [0.2, 0.25) is 0 Å². The third-order valence-corrected chi connectivity index (χ3v) is 2.06. The molecule has 1 aliphatic rings. The van der Waals surface area contributed by atoms with E-state index in [-0.39, 0.29) is 5.91 Å². The maximum absolute atomic E-state index is 11.0. The molecular weight excluding hydrogens is 170 g/mol. The Balaban J connectivity index is 2.46. The van der Waals surface area contributed by atoms with E-state index in [1.54, 1.807) is 25.3 Å². The Hall–Kier alpha value is -1.55. The second-order valence-electron chi connectivity index (χ2n) is 2.84. The first-order valence-electron chi connectivity index (χ1n) is 3.89. The van der Waals surface area contributed by atoms with Gasteiger partial charge in [-0.2, -0.15) is 0 Å². The summed E-state index contributed by atoms with van der Waals surface area (Å²) in [7, 11) is 1.55. The summed E-state index contributed by atoms with van der Waals surface area (Å²) in [6, 6.07) is 5.07. The molecule has 0 spiro atoms. The Labute approximate surface area is 75.1 Å². The number of anilines is 1. The first kappa shape index (κ1) is 8.07. The number of rotatable bonds is 1. The standard InChI is InChI=1S/C9H9NO3/c1-13-5-2-3-6-7(4-5)10-9(12)8(6)11/h2-4,8,11H,1H3,(H,10,12)/t8-/m1/s1. The first-order valence-corrected chi connectivity index (χ1v) is 3.89. The van der Waals surface area contributed by atoms with Crippen LogP contribution in [0.2, 0.25) is 0 Å². The van der Waals surface area contributed by atoms with Gasteiger partial charge in [0.15, 0.2) is 6.10 Å². The van der Waals surface area contributed by atoms with E-state index in [0.29, 0.717) is 17.0 Å². The fourth-order valence-corrected chi connectivity index (χ4v) is 1.35. The zero-order chi connectivity index (χ0) is 9.42. The minimum absolute atomic E-state index is 0.386. The van der Waals surface area contributed by atoms with E-state index in [2.05, 4.69) is 5.32 Å². The second-order valence-corrected chi connectivity index (χ2v) is 2.84. The van der Waals surface area contributed by atoms with Crippen LogP contribution in [0.5, 0.6) is 5.75 Å². The smallest absolute Gasteiger partial charge is 0.257 e. The van der Waals surface area contributed by atoms with Crippen LogP contribution in [0.25, 0.3) is 0 Å². The third kappa shape index (κ3) is 1.15. The number of benzene rings is 1. The third-order valence-electron chi connectivity index (χ3n) is 2.06. The highest BCUT2D eigenvalue weighted by Gasteiger charge is 2.28. The van der Waals surface area contributed by atoms with Crippen molar-refractivity contribution in [2.24, 2.45) is 0 Å². The number of carbonyl (C=O) groups is 1. The average Bonchev–Trinajstić information content (AvgIpc) is 2.42. The van der Waals surface area contributed by atoms with Crippen molar-refractivity contribution in [2.45, 2.75) is 6.10 Å². The van der Waals surface area contributed by atoms with Gasteiger partial charge in [0, 0.05) is 11.6 Å². The first-order chi connectivity index (χ1) is 6.22. The van der Waals surface area contributed by atoms with Crippen LogP contribution in [0.1, 0.15) is 11.7 Å². The number of methoxy groups -OCH3 is 1. The highest BCUT2D eigenvalue weighted by molar-refractivity contribution is 6.01. The number of aliphatic hydroxyl groups excluding tert-OH is 1. The summed E-state index contributed by atoms with van der Waals surface area (Å²) in [5.74, 6) is 0.274. The van der Waals surface area contributed by atoms with Gasteiger partial charge in [-0.05, 0) is 6.07 Å². The predicted molar refractivity (Wildman–Crippen MR) is 46.6 cm³/mol. The Kier molecular flexibility index (Phi) is 1.70. The molecule has 0 saturated carbocycles. The lowest BCUT2D eigenvalue weighted by molar-refractivity contribution is -0.123. The quantitative estimate of drug-likeness (QED) is 0.666. The van der Waals surface area contributed by atoms with E-state index in [1.165, 1.54) is 0 Å². The summed E-state index contributed by atoms with van der Waals surface area (Å²) >= 11 is 0. The van der Waals surface area contributed by atoms with E-state index >= 15 is 0 Å². The molecule has 0 saturated heterocycles. The number of hydrogen-bond acceptors (Lipinski definition) is 3. The normalized spacial score (nSPS) is 19.5. The number of amides is 1. The number of nitrogens with one attached hydrogen (secondary N) is 1. The summed E-state index contributed by atoms with van der Waals surface area (Å²) < 4.78 is 4.98. The van der Waals surface area contributed by atoms with Crippen LogP contribution in [0.4, 0.5) is 5.69 Å². The van der Waals surface area contributed by atoms with Crippen LogP contribution >= 0.6 is 0 Å². The average molecular weight is 179 g/mol. The van der Waals surface area contributed by atoms with Crippen LogP contribution in [0.15, 0.2) is 18.2 Å². The molecule has 1 aliphatic heterocycles. The van der Waals surface area contributed by atoms with E-state index in [1.807, 2.05) is 0 Å². The van der Waals surface area contributed by atoms with Gasteiger partial charge in [-0.15, -0.1) is 0 Å². The molecule has 4 heteroatoms. The molecule has 4 nitrogen and oxygen atoms in total. The number of carbonyl (C=O) groups excluding carboxylic acids is 1. The minimum atomic E-state index is -1.04. The predicted octanol–water partition coefficient (Wildman–Crippen LogP) is 0.681. The molecule has 1 amide bonds. The molecule has 2 N–H and O–H groups in total. The highest BCUT2D eigenvalue weighted by Crippen LogP contribution is 2.33. The summed E-state index contributed by atoms with van der Waals surface area (Å²) in [5.41, 5.74) is 1.22. The van der Waals surface area contributed by atoms with E-state index in [4.69, 9.17) is 4.74 Å². The summed E-state index contributed by atoms with van der Waals surface area (Å²) in [4.78, 5) is 11.0. The Morgan fingerprint density at radius 3 is 3.00 bits per heavy atom. The lowest BCUT2D eigenvalue weighted by atomic mass is 10.1. The maximum Gasteiger partial charge on any atom is 0.257 e. The Morgan fingerprint density at radius 2 is 2.31 bits per heavy atom. The summed E-state index contributed by atoms with van der Waals surface area (Å²) in [6.07, 6.45) is -1.04. The Bertz CT molecular complexity index is 362. The zero-order valence-corrected chi connectivity index (χ0v) is 7.07. The van der Waals surface area contributed by atoms with Gasteiger partial charge < -0.3 is 15.2 Å². The van der Waals surface area contributed by atoms with Gasteiger partial charge in [-0.3, -0.25) is 4.79 Å². The molecule has 0 radical (unpaired) electrons. The molecule has 0 fully saturated rings. The van der Waals surface area contributed by atoms with Crippen molar-refractivity contribution >= 4 is 11.6 Å². The fourth-order valence-electron chi connectivity index (χ4n) is 1.35. The Morgan fingerprint density at radius 1 is 1.54 bits per heavy atom. The summed E-state index contributed by atoms with van der Waals surface area (Å²) in [6.45, 7) is 0. The SMILES string of the molecule is COc1ccc2c(c1)NC(=O)[C@@H]2O.